The fourth-order valence-corrected chi connectivity index (χ4v) is 4.53. The van der Waals surface area contributed by atoms with Gasteiger partial charge in [-0.05, 0) is 36.8 Å². The maximum Gasteiger partial charge on any atom is 0.296 e. The van der Waals surface area contributed by atoms with Crippen molar-refractivity contribution < 1.29 is 23.5 Å². The molecule has 0 saturated heterocycles. The number of carbonyl (C=O) groups excluding carboxylic acids is 2. The van der Waals surface area contributed by atoms with E-state index < -0.39 is 29.3 Å². The number of aliphatic hydroxyl groups excluding tert-OH is 1. The molecule has 4 aromatic rings. The van der Waals surface area contributed by atoms with Gasteiger partial charge in [0.05, 0.1) is 17.3 Å². The number of fused-ring (bicyclic) bond motifs is 1. The lowest BCUT2D eigenvalue weighted by Gasteiger charge is -2.24. The highest BCUT2D eigenvalue weighted by molar-refractivity contribution is 7.14. The van der Waals surface area contributed by atoms with Crippen molar-refractivity contribution in [3.63, 3.8) is 0 Å². The second-order valence-corrected chi connectivity index (χ2v) is 7.98. The normalized spacial score (nSPS) is 16.5. The summed E-state index contributed by atoms with van der Waals surface area (Å²) < 4.78 is 19.7. The molecule has 1 aliphatic rings. The minimum Gasteiger partial charge on any atom is -0.503 e. The second-order valence-electron chi connectivity index (χ2n) is 7.14. The zero-order chi connectivity index (χ0) is 21.7. The van der Waals surface area contributed by atoms with Crippen molar-refractivity contribution in [1.29, 1.82) is 0 Å². The average Bonchev–Trinajstić information content (AvgIpc) is 3.44. The van der Waals surface area contributed by atoms with Gasteiger partial charge in [-0.1, -0.05) is 30.3 Å². The molecule has 1 unspecified atom stereocenters. The van der Waals surface area contributed by atoms with E-state index in [4.69, 9.17) is 4.42 Å². The van der Waals surface area contributed by atoms with Crippen LogP contribution in [0.2, 0.25) is 0 Å². The molecule has 1 N–H and O–H groups in total. The number of aliphatic hydroxyl groups is 1. The molecule has 0 spiro atoms. The number of rotatable bonds is 4. The third-order valence-electron chi connectivity index (χ3n) is 5.08. The van der Waals surface area contributed by atoms with Crippen LogP contribution in [0, 0.1) is 12.7 Å². The lowest BCUT2D eigenvalue weighted by atomic mass is 9.95. The summed E-state index contributed by atoms with van der Waals surface area (Å²) in [6, 6.07) is 13.2. The lowest BCUT2D eigenvalue weighted by Crippen LogP contribution is -2.31. The number of amides is 1. The van der Waals surface area contributed by atoms with Gasteiger partial charge in [0.2, 0.25) is 5.78 Å². The summed E-state index contributed by atoms with van der Waals surface area (Å²) >= 11 is 1.20. The monoisotopic (exact) mass is 434 g/mol. The van der Waals surface area contributed by atoms with Crippen molar-refractivity contribution in [3.05, 3.63) is 94.1 Å². The van der Waals surface area contributed by atoms with E-state index in [-0.39, 0.29) is 11.3 Å². The first-order valence-electron chi connectivity index (χ1n) is 9.41. The highest BCUT2D eigenvalue weighted by Crippen LogP contribution is 2.43. The van der Waals surface area contributed by atoms with Crippen LogP contribution < -0.4 is 4.90 Å². The number of furan rings is 1. The number of para-hydroxylation sites is 1. The summed E-state index contributed by atoms with van der Waals surface area (Å²) in [4.78, 5) is 32.0. The number of benzene rings is 2. The number of ketones is 1. The third kappa shape index (κ3) is 3.12. The molecule has 2 aromatic heterocycles. The van der Waals surface area contributed by atoms with Crippen LogP contribution in [0.3, 0.4) is 0 Å². The van der Waals surface area contributed by atoms with Gasteiger partial charge in [-0.15, -0.1) is 11.3 Å². The zero-order valence-corrected chi connectivity index (χ0v) is 17.0. The Kier molecular flexibility index (Phi) is 4.44. The van der Waals surface area contributed by atoms with Crippen molar-refractivity contribution >= 4 is 39.1 Å². The molecule has 2 aromatic carbocycles. The fraction of sp³-hybridized carbons (Fsp3) is 0.0870. The summed E-state index contributed by atoms with van der Waals surface area (Å²) in [5.74, 6) is -2.67. The number of aryl methyl sites for hydroxylation is 1. The van der Waals surface area contributed by atoms with E-state index in [0.29, 0.717) is 27.4 Å². The van der Waals surface area contributed by atoms with Gasteiger partial charge in [0, 0.05) is 10.8 Å². The topological polar surface area (TPSA) is 83.6 Å². The lowest BCUT2D eigenvalue weighted by molar-refractivity contribution is -0.117. The van der Waals surface area contributed by atoms with Crippen molar-refractivity contribution in [3.8, 4) is 0 Å². The number of hydrogen-bond donors (Lipinski definition) is 1. The largest absolute Gasteiger partial charge is 0.503 e. The van der Waals surface area contributed by atoms with Crippen molar-refractivity contribution in [1.82, 2.24) is 4.98 Å². The highest BCUT2D eigenvalue weighted by atomic mass is 32.1. The number of anilines is 1. The molecule has 0 radical (unpaired) electrons. The van der Waals surface area contributed by atoms with Gasteiger partial charge >= 0.3 is 0 Å². The maximum atomic E-state index is 14.0. The molecule has 154 valence electrons. The van der Waals surface area contributed by atoms with E-state index in [1.54, 1.807) is 42.6 Å². The van der Waals surface area contributed by atoms with Gasteiger partial charge < -0.3 is 9.52 Å². The van der Waals surface area contributed by atoms with E-state index >= 15 is 0 Å². The predicted molar refractivity (Wildman–Crippen MR) is 114 cm³/mol. The maximum absolute atomic E-state index is 14.0. The molecule has 3 heterocycles. The summed E-state index contributed by atoms with van der Waals surface area (Å²) in [6.07, 6.45) is 0. The quantitative estimate of drug-likeness (QED) is 0.451. The molecule has 6 nitrogen and oxygen atoms in total. The summed E-state index contributed by atoms with van der Waals surface area (Å²) in [7, 11) is 0. The van der Waals surface area contributed by atoms with Crippen LogP contribution in [0.5, 0.6) is 0 Å². The molecule has 1 aliphatic heterocycles. The van der Waals surface area contributed by atoms with E-state index in [1.165, 1.54) is 34.4 Å². The molecule has 1 amide bonds. The molecular weight excluding hydrogens is 419 g/mol. The Labute approximate surface area is 179 Å². The summed E-state index contributed by atoms with van der Waals surface area (Å²) in [5.41, 5.74) is 1.35. The second kappa shape index (κ2) is 7.17. The predicted octanol–water partition coefficient (Wildman–Crippen LogP) is 5.12. The molecule has 1 atom stereocenters. The third-order valence-corrected chi connectivity index (χ3v) is 6.04. The Balaban J connectivity index is 1.67. The van der Waals surface area contributed by atoms with Crippen LogP contribution >= 0.6 is 11.3 Å². The standard InChI is InChI=1S/C23H15FN2O4S/c1-12-11-31-23(25-12)26-19(14-6-4-7-15(24)9-14)18(21(28)22(26)29)20(27)17-10-13-5-2-3-8-16(13)30-17/h2-11,19,28H,1H3. The smallest absolute Gasteiger partial charge is 0.296 e. The van der Waals surface area contributed by atoms with Crippen molar-refractivity contribution in [2.45, 2.75) is 13.0 Å². The van der Waals surface area contributed by atoms with Crippen molar-refractivity contribution in [2.75, 3.05) is 4.90 Å². The molecule has 8 heteroatoms. The molecule has 0 fully saturated rings. The number of halogens is 1. The first-order valence-corrected chi connectivity index (χ1v) is 10.3. The van der Waals surface area contributed by atoms with Crippen LogP contribution in [0.1, 0.15) is 27.9 Å². The number of nitrogens with zero attached hydrogens (tertiary/aromatic N) is 2. The minimum atomic E-state index is -1.05. The highest BCUT2D eigenvalue weighted by Gasteiger charge is 2.46. The average molecular weight is 434 g/mol. The van der Waals surface area contributed by atoms with Crippen LogP contribution in [0.15, 0.2) is 75.7 Å². The first-order chi connectivity index (χ1) is 14.9. The molecular formula is C23H15FN2O4S. The summed E-state index contributed by atoms with van der Waals surface area (Å²) in [6.45, 7) is 1.77. The fourth-order valence-electron chi connectivity index (χ4n) is 3.71. The minimum absolute atomic E-state index is 0.0193. The SMILES string of the molecule is Cc1csc(N2C(=O)C(O)=C(C(=O)c3cc4ccccc4o3)C2c2cccc(F)c2)n1. The van der Waals surface area contributed by atoms with Crippen molar-refractivity contribution in [2.24, 2.45) is 0 Å². The Bertz CT molecular complexity index is 1350. The van der Waals surface area contributed by atoms with Crippen LogP contribution in [0.25, 0.3) is 11.0 Å². The zero-order valence-electron chi connectivity index (χ0n) is 16.2. The van der Waals surface area contributed by atoms with Crippen LogP contribution in [0.4, 0.5) is 9.52 Å². The molecule has 0 bridgehead atoms. The molecule has 0 saturated carbocycles. The van der Waals surface area contributed by atoms with E-state index in [9.17, 15) is 19.1 Å². The van der Waals surface area contributed by atoms with E-state index in [1.807, 2.05) is 6.07 Å². The van der Waals surface area contributed by atoms with Crippen LogP contribution in [-0.2, 0) is 4.79 Å². The van der Waals surface area contributed by atoms with Gasteiger partial charge in [-0.2, -0.15) is 0 Å². The van der Waals surface area contributed by atoms with Gasteiger partial charge in [-0.3, -0.25) is 14.5 Å². The van der Waals surface area contributed by atoms with Gasteiger partial charge in [0.15, 0.2) is 16.7 Å². The van der Waals surface area contributed by atoms with Crippen LogP contribution in [-0.4, -0.2) is 21.8 Å². The Morgan fingerprint density at radius 1 is 1.19 bits per heavy atom. The molecule has 5 rings (SSSR count). The van der Waals surface area contributed by atoms with Gasteiger partial charge in [-0.25, -0.2) is 9.37 Å². The van der Waals surface area contributed by atoms with Gasteiger partial charge in [0.25, 0.3) is 5.91 Å². The Morgan fingerprint density at radius 2 is 2.00 bits per heavy atom. The molecule has 31 heavy (non-hydrogen) atoms. The number of thiazole rings is 1. The number of carbonyl (C=O) groups is 2. The number of hydrogen-bond acceptors (Lipinski definition) is 6. The van der Waals surface area contributed by atoms with E-state index in [2.05, 4.69) is 4.98 Å². The van der Waals surface area contributed by atoms with E-state index in [0.717, 1.165) is 0 Å². The number of Topliss-reactive ketones (excluding diaryl/α,β-unsaturated/α-hetero) is 1. The van der Waals surface area contributed by atoms with Gasteiger partial charge in [0.1, 0.15) is 11.4 Å². The Hall–Kier alpha value is -3.78. The summed E-state index contributed by atoms with van der Waals surface area (Å²) in [5, 5.41) is 13.5. The number of aromatic nitrogens is 1. The first kappa shape index (κ1) is 19.2. The molecule has 0 aliphatic carbocycles. The Morgan fingerprint density at radius 3 is 2.71 bits per heavy atom.